The first-order valence-electron chi connectivity index (χ1n) is 20.3. The third-order valence-corrected chi connectivity index (χ3v) is 9.54. The SMILES string of the molecule is CCCCC/C=C\CCCCCCCC(=O)O[C@H](COC(=O)CCCCCCCCC/C=C\CCCCCCCC)COP(=O)(O)OCCN. The van der Waals surface area contributed by atoms with Crippen LogP contribution in [-0.4, -0.2) is 49.3 Å². The number of esters is 2. The van der Waals surface area contributed by atoms with E-state index in [1.807, 2.05) is 0 Å². The standard InChI is InChI=1S/C40H76NO8P/c1-3-5-7-9-11-13-15-17-18-19-20-21-23-24-26-28-30-32-39(42)46-36-38(37-48-50(44,45)47-35-34-41)49-40(43)33-31-29-27-25-22-16-14-12-10-8-6-4-2/h12,14,17-18,38H,3-11,13,15-16,19-37,41H2,1-2H3,(H,44,45)/b14-12-,18-17-/t38-/m1/s1. The van der Waals surface area contributed by atoms with Gasteiger partial charge in [-0.1, -0.05) is 134 Å². The molecule has 0 amide bonds. The van der Waals surface area contributed by atoms with Crippen molar-refractivity contribution in [1.29, 1.82) is 0 Å². The van der Waals surface area contributed by atoms with E-state index in [9.17, 15) is 19.0 Å². The van der Waals surface area contributed by atoms with E-state index in [1.165, 1.54) is 83.5 Å². The minimum absolute atomic E-state index is 0.0523. The molecule has 0 aliphatic carbocycles. The van der Waals surface area contributed by atoms with Gasteiger partial charge in [0.2, 0.25) is 0 Å². The Labute approximate surface area is 306 Å². The normalized spacial score (nSPS) is 13.6. The van der Waals surface area contributed by atoms with Gasteiger partial charge in [-0.25, -0.2) is 4.57 Å². The maximum Gasteiger partial charge on any atom is 0.472 e. The summed E-state index contributed by atoms with van der Waals surface area (Å²) in [4.78, 5) is 34.7. The van der Waals surface area contributed by atoms with Gasteiger partial charge in [0.1, 0.15) is 6.61 Å². The molecule has 0 saturated heterocycles. The molecule has 50 heavy (non-hydrogen) atoms. The summed E-state index contributed by atoms with van der Waals surface area (Å²) in [5, 5.41) is 0. The number of phosphoric ester groups is 1. The van der Waals surface area contributed by atoms with Crippen molar-refractivity contribution in [1.82, 2.24) is 0 Å². The first-order chi connectivity index (χ1) is 24.3. The molecule has 0 aromatic heterocycles. The third kappa shape index (κ3) is 36.3. The molecule has 0 aliphatic rings. The first kappa shape index (κ1) is 48.5. The van der Waals surface area contributed by atoms with E-state index < -0.39 is 26.5 Å². The van der Waals surface area contributed by atoms with Gasteiger partial charge in [0, 0.05) is 19.4 Å². The molecule has 1 unspecified atom stereocenters. The van der Waals surface area contributed by atoms with E-state index in [4.69, 9.17) is 24.3 Å². The molecular formula is C40H76NO8P. The van der Waals surface area contributed by atoms with Crippen LogP contribution in [0.1, 0.15) is 187 Å². The summed E-state index contributed by atoms with van der Waals surface area (Å²) in [6.45, 7) is 3.69. The summed E-state index contributed by atoms with van der Waals surface area (Å²) in [5.74, 6) is -0.842. The van der Waals surface area contributed by atoms with Crippen LogP contribution < -0.4 is 5.73 Å². The second kappa shape index (κ2) is 37.3. The van der Waals surface area contributed by atoms with Crippen LogP contribution in [0, 0.1) is 0 Å². The van der Waals surface area contributed by atoms with Crippen molar-refractivity contribution in [3.8, 4) is 0 Å². The van der Waals surface area contributed by atoms with Gasteiger partial charge < -0.3 is 20.1 Å². The summed E-state index contributed by atoms with van der Waals surface area (Å²) < 4.78 is 32.7. The van der Waals surface area contributed by atoms with Gasteiger partial charge in [-0.2, -0.15) is 0 Å². The Morgan fingerprint density at radius 3 is 1.46 bits per heavy atom. The lowest BCUT2D eigenvalue weighted by molar-refractivity contribution is -0.161. The maximum absolute atomic E-state index is 12.5. The van der Waals surface area contributed by atoms with Crippen molar-refractivity contribution in [2.75, 3.05) is 26.4 Å². The van der Waals surface area contributed by atoms with Crippen molar-refractivity contribution < 1.29 is 37.6 Å². The molecule has 0 fully saturated rings. The van der Waals surface area contributed by atoms with E-state index in [1.54, 1.807) is 0 Å². The van der Waals surface area contributed by atoms with Crippen molar-refractivity contribution >= 4 is 19.8 Å². The van der Waals surface area contributed by atoms with Crippen molar-refractivity contribution in [2.24, 2.45) is 5.73 Å². The zero-order valence-corrected chi connectivity index (χ0v) is 33.0. The van der Waals surface area contributed by atoms with Crippen LogP contribution in [-0.2, 0) is 32.7 Å². The number of carbonyl (C=O) groups is 2. The fourth-order valence-corrected chi connectivity index (χ4v) is 6.27. The minimum Gasteiger partial charge on any atom is -0.462 e. The molecule has 294 valence electrons. The van der Waals surface area contributed by atoms with Crippen LogP contribution in [0.2, 0.25) is 0 Å². The Hall–Kier alpha value is -1.51. The number of nitrogens with two attached hydrogens (primary N) is 1. The molecule has 0 bridgehead atoms. The highest BCUT2D eigenvalue weighted by Crippen LogP contribution is 2.43. The lowest BCUT2D eigenvalue weighted by Crippen LogP contribution is -2.29. The van der Waals surface area contributed by atoms with E-state index >= 15 is 0 Å². The number of ether oxygens (including phenoxy) is 2. The van der Waals surface area contributed by atoms with Crippen molar-refractivity contribution in [3.63, 3.8) is 0 Å². The third-order valence-electron chi connectivity index (χ3n) is 8.56. The molecule has 10 heteroatoms. The predicted molar refractivity (Wildman–Crippen MR) is 206 cm³/mol. The van der Waals surface area contributed by atoms with Gasteiger partial charge >= 0.3 is 19.8 Å². The Bertz CT molecular complexity index is 881. The lowest BCUT2D eigenvalue weighted by atomic mass is 10.1. The van der Waals surface area contributed by atoms with Crippen LogP contribution in [0.5, 0.6) is 0 Å². The zero-order valence-electron chi connectivity index (χ0n) is 32.1. The Morgan fingerprint density at radius 2 is 0.980 bits per heavy atom. The maximum atomic E-state index is 12.5. The number of carbonyl (C=O) groups excluding carboxylic acids is 2. The van der Waals surface area contributed by atoms with Crippen LogP contribution in [0.25, 0.3) is 0 Å². The second-order valence-corrected chi connectivity index (χ2v) is 14.9. The molecule has 3 N–H and O–H groups in total. The molecule has 0 radical (unpaired) electrons. The van der Waals surface area contributed by atoms with E-state index in [2.05, 4.69) is 38.2 Å². The Balaban J connectivity index is 4.17. The lowest BCUT2D eigenvalue weighted by Gasteiger charge is -2.19. The molecule has 0 aromatic rings. The van der Waals surface area contributed by atoms with E-state index in [-0.39, 0.29) is 38.6 Å². The zero-order chi connectivity index (χ0) is 36.8. The highest BCUT2D eigenvalue weighted by Gasteiger charge is 2.26. The minimum atomic E-state index is -4.37. The van der Waals surface area contributed by atoms with Crippen LogP contribution in [0.15, 0.2) is 24.3 Å². The van der Waals surface area contributed by atoms with Gasteiger partial charge in [-0.15, -0.1) is 0 Å². The van der Waals surface area contributed by atoms with Gasteiger partial charge in [0.15, 0.2) is 6.10 Å². The van der Waals surface area contributed by atoms with Crippen molar-refractivity contribution in [2.45, 2.75) is 193 Å². The number of hydrogen-bond donors (Lipinski definition) is 2. The molecular weight excluding hydrogens is 653 g/mol. The summed E-state index contributed by atoms with van der Waals surface area (Å²) in [6.07, 6.45) is 37.8. The van der Waals surface area contributed by atoms with Crippen molar-refractivity contribution in [3.05, 3.63) is 24.3 Å². The Kier molecular flexibility index (Phi) is 36.1. The summed E-state index contributed by atoms with van der Waals surface area (Å²) in [7, 11) is -4.37. The number of rotatable bonds is 38. The quantitative estimate of drug-likeness (QED) is 0.0275. The first-order valence-corrected chi connectivity index (χ1v) is 21.8. The molecule has 0 rings (SSSR count). The fourth-order valence-electron chi connectivity index (χ4n) is 5.51. The largest absolute Gasteiger partial charge is 0.472 e. The average Bonchev–Trinajstić information content (AvgIpc) is 3.10. The summed E-state index contributed by atoms with van der Waals surface area (Å²) >= 11 is 0. The molecule has 9 nitrogen and oxygen atoms in total. The van der Waals surface area contributed by atoms with Crippen LogP contribution in [0.4, 0.5) is 0 Å². The monoisotopic (exact) mass is 730 g/mol. The summed E-state index contributed by atoms with van der Waals surface area (Å²) in [5.41, 5.74) is 5.33. The fraction of sp³-hybridized carbons (Fsp3) is 0.850. The van der Waals surface area contributed by atoms with Gasteiger partial charge in [-0.3, -0.25) is 18.6 Å². The number of phosphoric acid groups is 1. The second-order valence-electron chi connectivity index (χ2n) is 13.5. The molecule has 0 aromatic carbocycles. The van der Waals surface area contributed by atoms with E-state index in [0.717, 1.165) is 70.6 Å². The average molecular weight is 730 g/mol. The number of hydrogen-bond acceptors (Lipinski definition) is 8. The smallest absolute Gasteiger partial charge is 0.462 e. The highest BCUT2D eigenvalue weighted by atomic mass is 31.2. The van der Waals surface area contributed by atoms with Crippen LogP contribution >= 0.6 is 7.82 Å². The molecule has 0 saturated carbocycles. The molecule has 0 aliphatic heterocycles. The van der Waals surface area contributed by atoms with E-state index in [0.29, 0.717) is 6.42 Å². The molecule has 2 atom stereocenters. The Morgan fingerprint density at radius 1 is 0.580 bits per heavy atom. The van der Waals surface area contributed by atoms with Gasteiger partial charge in [0.25, 0.3) is 0 Å². The predicted octanol–water partition coefficient (Wildman–Crippen LogP) is 11.2. The molecule has 0 spiro atoms. The highest BCUT2D eigenvalue weighted by molar-refractivity contribution is 7.47. The number of allylic oxidation sites excluding steroid dienone is 4. The summed E-state index contributed by atoms with van der Waals surface area (Å²) in [6, 6.07) is 0. The van der Waals surface area contributed by atoms with Gasteiger partial charge in [0.05, 0.1) is 13.2 Å². The topological polar surface area (TPSA) is 134 Å². The molecule has 0 heterocycles. The van der Waals surface area contributed by atoms with Gasteiger partial charge in [-0.05, 0) is 64.2 Å². The number of unbranched alkanes of at least 4 members (excludes halogenated alkanes) is 21. The van der Waals surface area contributed by atoms with Crippen LogP contribution in [0.3, 0.4) is 0 Å².